The van der Waals surface area contributed by atoms with Gasteiger partial charge in [0.15, 0.2) is 0 Å². The molecule has 0 aliphatic heterocycles. The molecule has 5 nitrogen and oxygen atoms in total. The normalized spacial score (nSPS) is 22.8. The Bertz CT molecular complexity index is 798. The van der Waals surface area contributed by atoms with Crippen molar-refractivity contribution >= 4 is 43.2 Å². The lowest BCUT2D eigenvalue weighted by Gasteiger charge is -2.33. The molecule has 0 atom stereocenters. The van der Waals surface area contributed by atoms with Crippen molar-refractivity contribution in [2.24, 2.45) is 0 Å². The summed E-state index contributed by atoms with van der Waals surface area (Å²) in [6.45, 7) is 0. The molecular formula is C15H19ClN2O3S2. The third-order valence-corrected chi connectivity index (χ3v) is 7.74. The zero-order valence-corrected chi connectivity index (χ0v) is 15.4. The van der Waals surface area contributed by atoms with E-state index in [2.05, 4.69) is 4.98 Å². The summed E-state index contributed by atoms with van der Waals surface area (Å²) in [5.74, 6) is 0. The average Bonchev–Trinajstić information content (AvgIpc) is 3.02. The average molecular weight is 375 g/mol. The number of rotatable bonds is 4. The molecule has 3 rings (SSSR count). The first kappa shape index (κ1) is 17.1. The molecule has 0 saturated heterocycles. The molecule has 1 fully saturated rings. The van der Waals surface area contributed by atoms with E-state index in [0.29, 0.717) is 5.52 Å². The maximum Gasteiger partial charge on any atom is 0.246 e. The van der Waals surface area contributed by atoms with Gasteiger partial charge in [0.1, 0.15) is 10.4 Å². The lowest BCUT2D eigenvalue weighted by molar-refractivity contribution is 0.0553. The lowest BCUT2D eigenvalue weighted by atomic mass is 9.93. The molecule has 0 amide bonds. The van der Waals surface area contributed by atoms with Crippen molar-refractivity contribution in [1.29, 1.82) is 0 Å². The maximum atomic E-state index is 13.1. The lowest BCUT2D eigenvalue weighted by Crippen LogP contribution is -2.40. The van der Waals surface area contributed by atoms with Gasteiger partial charge >= 0.3 is 0 Å². The second-order valence-corrected chi connectivity index (χ2v) is 8.99. The highest BCUT2D eigenvalue weighted by Crippen LogP contribution is 2.35. The van der Waals surface area contributed by atoms with Crippen molar-refractivity contribution in [2.45, 2.75) is 42.7 Å². The van der Waals surface area contributed by atoms with Crippen LogP contribution in [0.3, 0.4) is 0 Å². The number of thiazole rings is 1. The predicted molar refractivity (Wildman–Crippen MR) is 92.6 cm³/mol. The number of hydrogen-bond donors (Lipinski definition) is 0. The smallest absolute Gasteiger partial charge is 0.246 e. The van der Waals surface area contributed by atoms with Crippen molar-refractivity contribution in [2.75, 3.05) is 14.2 Å². The molecule has 0 N–H and O–H groups in total. The van der Waals surface area contributed by atoms with Gasteiger partial charge in [-0.15, -0.1) is 11.3 Å². The summed E-state index contributed by atoms with van der Waals surface area (Å²) in [5.41, 5.74) is 2.10. The van der Waals surface area contributed by atoms with Gasteiger partial charge in [0.2, 0.25) is 10.0 Å². The van der Waals surface area contributed by atoms with Crippen LogP contribution in [0.5, 0.6) is 0 Å². The number of methoxy groups -OCH3 is 1. The predicted octanol–water partition coefficient (Wildman–Crippen LogP) is 3.53. The van der Waals surface area contributed by atoms with E-state index < -0.39 is 10.0 Å². The van der Waals surface area contributed by atoms with Crippen LogP contribution in [0, 0.1) is 0 Å². The van der Waals surface area contributed by atoms with E-state index in [0.717, 1.165) is 30.4 Å². The zero-order chi connectivity index (χ0) is 16.6. The number of nitrogens with zero attached hydrogens (tertiary/aromatic N) is 2. The number of ether oxygens (including phenoxy) is 1. The first-order valence-electron chi connectivity index (χ1n) is 7.47. The van der Waals surface area contributed by atoms with Crippen LogP contribution in [0.4, 0.5) is 0 Å². The van der Waals surface area contributed by atoms with Crippen LogP contribution >= 0.6 is 22.9 Å². The maximum absolute atomic E-state index is 13.1. The van der Waals surface area contributed by atoms with E-state index in [1.54, 1.807) is 31.8 Å². The van der Waals surface area contributed by atoms with Crippen LogP contribution in [0.2, 0.25) is 5.02 Å². The number of fused-ring (bicyclic) bond motifs is 1. The number of hydrogen-bond acceptors (Lipinski definition) is 5. The minimum absolute atomic E-state index is 0.0311. The molecular weight excluding hydrogens is 356 g/mol. The van der Waals surface area contributed by atoms with E-state index in [-0.39, 0.29) is 22.1 Å². The third kappa shape index (κ3) is 3.13. The van der Waals surface area contributed by atoms with Gasteiger partial charge in [-0.2, -0.15) is 4.31 Å². The SMILES string of the molecule is COC1CCC(N(C)S(=O)(=O)c2c(Cl)ccc3scnc23)CC1. The molecule has 1 aromatic heterocycles. The van der Waals surface area contributed by atoms with Crippen LogP contribution < -0.4 is 0 Å². The first-order chi connectivity index (χ1) is 10.9. The Kier molecular flexibility index (Phi) is 4.94. The van der Waals surface area contributed by atoms with Crippen molar-refractivity contribution < 1.29 is 13.2 Å². The summed E-state index contributed by atoms with van der Waals surface area (Å²) >= 11 is 7.62. The van der Waals surface area contributed by atoms with Crippen molar-refractivity contribution in [3.8, 4) is 0 Å². The molecule has 1 aliphatic rings. The van der Waals surface area contributed by atoms with E-state index >= 15 is 0 Å². The van der Waals surface area contributed by atoms with Crippen LogP contribution in [0.25, 0.3) is 10.2 Å². The Morgan fingerprint density at radius 3 is 2.65 bits per heavy atom. The topological polar surface area (TPSA) is 59.5 Å². The molecule has 23 heavy (non-hydrogen) atoms. The van der Waals surface area contributed by atoms with Gasteiger partial charge < -0.3 is 4.74 Å². The van der Waals surface area contributed by atoms with E-state index in [1.807, 2.05) is 0 Å². The van der Waals surface area contributed by atoms with Crippen molar-refractivity contribution in [3.05, 3.63) is 22.7 Å². The molecule has 1 heterocycles. The first-order valence-corrected chi connectivity index (χ1v) is 10.2. The van der Waals surface area contributed by atoms with Crippen LogP contribution in [-0.4, -0.2) is 44.0 Å². The minimum Gasteiger partial charge on any atom is -0.381 e. The zero-order valence-electron chi connectivity index (χ0n) is 13.0. The highest BCUT2D eigenvalue weighted by molar-refractivity contribution is 7.89. The van der Waals surface area contributed by atoms with Crippen molar-refractivity contribution in [3.63, 3.8) is 0 Å². The van der Waals surface area contributed by atoms with Crippen LogP contribution in [0.1, 0.15) is 25.7 Å². The standard InChI is InChI=1S/C15H19ClN2O3S2/c1-18(10-3-5-11(21-2)6-4-10)23(19,20)15-12(16)7-8-13-14(15)17-9-22-13/h7-11H,3-6H2,1-2H3. The molecule has 0 spiro atoms. The number of benzene rings is 1. The summed E-state index contributed by atoms with van der Waals surface area (Å²) in [6, 6.07) is 3.40. The van der Waals surface area contributed by atoms with Crippen LogP contribution in [-0.2, 0) is 14.8 Å². The molecule has 0 unspecified atom stereocenters. The second-order valence-electron chi connectivity index (χ2n) is 5.76. The van der Waals surface area contributed by atoms with Gasteiger partial charge in [0, 0.05) is 20.2 Å². The van der Waals surface area contributed by atoms with Gasteiger partial charge in [-0.3, -0.25) is 0 Å². The fourth-order valence-electron chi connectivity index (χ4n) is 3.11. The largest absolute Gasteiger partial charge is 0.381 e. The summed E-state index contributed by atoms with van der Waals surface area (Å²) < 4.78 is 33.8. The Morgan fingerprint density at radius 2 is 2.00 bits per heavy atom. The molecule has 1 aliphatic carbocycles. The second kappa shape index (κ2) is 6.64. The van der Waals surface area contributed by atoms with Gasteiger partial charge in [-0.1, -0.05) is 11.6 Å². The summed E-state index contributed by atoms with van der Waals surface area (Å²) in [7, 11) is -0.349. The summed E-state index contributed by atoms with van der Waals surface area (Å²) in [5, 5.41) is 0.223. The van der Waals surface area contributed by atoms with Crippen LogP contribution in [0.15, 0.2) is 22.5 Å². The Balaban J connectivity index is 1.94. The summed E-state index contributed by atoms with van der Waals surface area (Å²) in [6.07, 6.45) is 3.55. The highest BCUT2D eigenvalue weighted by Gasteiger charge is 2.34. The fourth-order valence-corrected chi connectivity index (χ4v) is 5.92. The molecule has 0 radical (unpaired) electrons. The number of halogens is 1. The Morgan fingerprint density at radius 1 is 1.30 bits per heavy atom. The molecule has 0 bridgehead atoms. The molecule has 1 aromatic carbocycles. The van der Waals surface area contributed by atoms with Crippen molar-refractivity contribution in [1.82, 2.24) is 9.29 Å². The summed E-state index contributed by atoms with van der Waals surface area (Å²) in [4.78, 5) is 4.33. The monoisotopic (exact) mass is 374 g/mol. The number of aromatic nitrogens is 1. The van der Waals surface area contributed by atoms with Gasteiger partial charge in [-0.25, -0.2) is 13.4 Å². The molecule has 126 valence electrons. The quantitative estimate of drug-likeness (QED) is 0.821. The Labute approximate surface area is 145 Å². The molecule has 8 heteroatoms. The molecule has 2 aromatic rings. The van der Waals surface area contributed by atoms with E-state index in [9.17, 15) is 8.42 Å². The minimum atomic E-state index is -3.69. The third-order valence-electron chi connectivity index (χ3n) is 4.54. The van der Waals surface area contributed by atoms with E-state index in [1.165, 1.54) is 15.6 Å². The molecule has 1 saturated carbocycles. The Hall–Kier alpha value is -0.730. The highest BCUT2D eigenvalue weighted by atomic mass is 35.5. The van der Waals surface area contributed by atoms with Gasteiger partial charge in [-0.05, 0) is 37.8 Å². The number of sulfonamides is 1. The van der Waals surface area contributed by atoms with Gasteiger partial charge in [0.25, 0.3) is 0 Å². The van der Waals surface area contributed by atoms with E-state index in [4.69, 9.17) is 16.3 Å². The fraction of sp³-hybridized carbons (Fsp3) is 0.533. The van der Waals surface area contributed by atoms with Gasteiger partial charge in [0.05, 0.1) is 21.3 Å².